The molecule has 1 spiro atoms. The van der Waals surface area contributed by atoms with Crippen LogP contribution in [0.3, 0.4) is 0 Å². The van der Waals surface area contributed by atoms with E-state index in [0.717, 1.165) is 6.42 Å². The van der Waals surface area contributed by atoms with Gasteiger partial charge in [-0.2, -0.15) is 0 Å². The molecule has 4 rings (SSSR count). The third kappa shape index (κ3) is 1.47. The van der Waals surface area contributed by atoms with Gasteiger partial charge in [0, 0.05) is 23.3 Å². The van der Waals surface area contributed by atoms with E-state index in [9.17, 15) is 4.79 Å². The van der Waals surface area contributed by atoms with Gasteiger partial charge in [-0.25, -0.2) is 0 Å². The zero-order chi connectivity index (χ0) is 14.3. The summed E-state index contributed by atoms with van der Waals surface area (Å²) < 4.78 is 0.279. The molecular formula is C17H24OS2. The highest BCUT2D eigenvalue weighted by atomic mass is 32.2. The molecule has 5 atom stereocenters. The van der Waals surface area contributed by atoms with Crippen molar-refractivity contribution in [2.45, 2.75) is 38.2 Å². The lowest BCUT2D eigenvalue weighted by atomic mass is 9.58. The largest absolute Gasteiger partial charge is 0.299 e. The number of carbonyl (C=O) groups excluding carboxylic acids is 1. The Morgan fingerprint density at radius 3 is 2.50 bits per heavy atom. The van der Waals surface area contributed by atoms with Crippen LogP contribution in [0.1, 0.15) is 34.1 Å². The van der Waals surface area contributed by atoms with E-state index in [1.807, 2.05) is 0 Å². The summed E-state index contributed by atoms with van der Waals surface area (Å²) in [5.74, 6) is 6.32. The van der Waals surface area contributed by atoms with E-state index < -0.39 is 0 Å². The minimum atomic E-state index is -0.122. The van der Waals surface area contributed by atoms with Crippen LogP contribution in [0, 0.1) is 35.0 Å². The number of allylic oxidation sites excluding steroid dienone is 1. The maximum atomic E-state index is 12.6. The number of thioether (sulfide) groups is 2. The molecule has 1 nitrogen and oxygen atoms in total. The van der Waals surface area contributed by atoms with Crippen LogP contribution in [0.25, 0.3) is 0 Å². The number of carbonyl (C=O) groups is 1. The zero-order valence-corrected chi connectivity index (χ0v) is 14.4. The van der Waals surface area contributed by atoms with Gasteiger partial charge >= 0.3 is 0 Å². The van der Waals surface area contributed by atoms with Crippen LogP contribution in [0.5, 0.6) is 0 Å². The fourth-order valence-electron chi connectivity index (χ4n) is 5.75. The Balaban J connectivity index is 1.90. The zero-order valence-electron chi connectivity index (χ0n) is 12.8. The summed E-state index contributed by atoms with van der Waals surface area (Å²) in [6.07, 6.45) is 3.42. The lowest BCUT2D eigenvalue weighted by Crippen LogP contribution is -2.49. The molecule has 1 saturated heterocycles. The first-order valence-electron chi connectivity index (χ1n) is 7.89. The maximum Gasteiger partial charge on any atom is 0.139 e. The molecule has 4 aliphatic rings. The molecule has 0 aromatic heterocycles. The monoisotopic (exact) mass is 308 g/mol. The fraction of sp³-hybridized carbons (Fsp3) is 0.824. The Morgan fingerprint density at radius 2 is 1.85 bits per heavy atom. The van der Waals surface area contributed by atoms with Crippen LogP contribution in [0.15, 0.2) is 11.6 Å². The molecule has 0 aromatic carbocycles. The van der Waals surface area contributed by atoms with Crippen molar-refractivity contribution in [2.24, 2.45) is 35.0 Å². The highest BCUT2D eigenvalue weighted by molar-refractivity contribution is 8.21. The molecule has 0 radical (unpaired) electrons. The molecule has 2 saturated carbocycles. The molecule has 0 amide bonds. The Morgan fingerprint density at radius 1 is 1.20 bits per heavy atom. The van der Waals surface area contributed by atoms with Gasteiger partial charge in [-0.1, -0.05) is 32.4 Å². The highest BCUT2D eigenvalue weighted by Gasteiger charge is 2.67. The average molecular weight is 309 g/mol. The number of hydrogen-bond acceptors (Lipinski definition) is 3. The topological polar surface area (TPSA) is 17.1 Å². The van der Waals surface area contributed by atoms with Crippen LogP contribution in [0.2, 0.25) is 0 Å². The van der Waals surface area contributed by atoms with Gasteiger partial charge in [0.1, 0.15) is 5.78 Å². The van der Waals surface area contributed by atoms with E-state index in [1.165, 1.54) is 11.5 Å². The van der Waals surface area contributed by atoms with Crippen molar-refractivity contribution in [3.05, 3.63) is 11.6 Å². The van der Waals surface area contributed by atoms with E-state index in [2.05, 4.69) is 57.3 Å². The molecule has 4 bridgehead atoms. The van der Waals surface area contributed by atoms with Crippen molar-refractivity contribution in [3.63, 3.8) is 0 Å². The van der Waals surface area contributed by atoms with Crippen molar-refractivity contribution >= 4 is 29.3 Å². The number of Topliss-reactive ketones (excluding diaryl/α,β-unsaturated/α-hetero) is 1. The van der Waals surface area contributed by atoms with Gasteiger partial charge in [-0.05, 0) is 36.5 Å². The van der Waals surface area contributed by atoms with Gasteiger partial charge in [0.15, 0.2) is 0 Å². The number of rotatable bonds is 0. The second-order valence-corrected chi connectivity index (χ2v) is 10.8. The summed E-state index contributed by atoms with van der Waals surface area (Å²) >= 11 is 4.32. The second kappa shape index (κ2) is 4.10. The van der Waals surface area contributed by atoms with E-state index >= 15 is 0 Å². The molecular weight excluding hydrogens is 284 g/mol. The van der Waals surface area contributed by atoms with Crippen LogP contribution in [-0.4, -0.2) is 21.4 Å². The van der Waals surface area contributed by atoms with Crippen molar-refractivity contribution in [3.8, 4) is 0 Å². The summed E-state index contributed by atoms with van der Waals surface area (Å²) in [5, 5.41) is 0. The quantitative estimate of drug-likeness (QED) is 0.623. The standard InChI is InChI=1S/C17H24OS2/c1-9-8-17(19-5-6-20-17)14-10(2)11-7-12(18)16(3,4)15(14)13(9)11/h8,10-11,13-15H,5-7H2,1-4H3/t10-,11-,13+,14+,15-/m0/s1. The second-order valence-electron chi connectivity index (χ2n) is 7.76. The van der Waals surface area contributed by atoms with Gasteiger partial charge in [-0.3, -0.25) is 4.79 Å². The SMILES string of the molecule is CC1=CC2(SCCS2)[C@@H]2[C@@H](C)[C@@H]3CC(=O)C(C)(C)[C@H]2[C@H]13. The van der Waals surface area contributed by atoms with Gasteiger partial charge in [0.2, 0.25) is 0 Å². The molecule has 1 heterocycles. The lowest BCUT2D eigenvalue weighted by molar-refractivity contribution is -0.135. The summed E-state index contributed by atoms with van der Waals surface area (Å²) in [7, 11) is 0. The van der Waals surface area contributed by atoms with Gasteiger partial charge < -0.3 is 0 Å². The van der Waals surface area contributed by atoms with E-state index in [-0.39, 0.29) is 9.49 Å². The summed E-state index contributed by atoms with van der Waals surface area (Å²) in [4.78, 5) is 12.6. The van der Waals surface area contributed by atoms with Crippen LogP contribution >= 0.6 is 23.5 Å². The lowest BCUT2D eigenvalue weighted by Gasteiger charge is -2.49. The molecule has 0 N–H and O–H groups in total. The Kier molecular flexibility index (Phi) is 2.82. The Hall–Kier alpha value is 0.110. The average Bonchev–Trinajstić information content (AvgIpc) is 2.89. The predicted molar refractivity (Wildman–Crippen MR) is 87.9 cm³/mol. The first kappa shape index (κ1) is 13.8. The van der Waals surface area contributed by atoms with Crippen molar-refractivity contribution in [1.82, 2.24) is 0 Å². The predicted octanol–water partition coefficient (Wildman–Crippen LogP) is 4.24. The molecule has 3 aliphatic carbocycles. The number of ketones is 1. The fourth-order valence-corrected chi connectivity index (χ4v) is 9.53. The first-order valence-corrected chi connectivity index (χ1v) is 9.86. The summed E-state index contributed by atoms with van der Waals surface area (Å²) in [6.45, 7) is 9.23. The molecule has 3 fully saturated rings. The van der Waals surface area contributed by atoms with Crippen LogP contribution < -0.4 is 0 Å². The van der Waals surface area contributed by atoms with Crippen molar-refractivity contribution in [2.75, 3.05) is 11.5 Å². The normalized spacial score (nSPS) is 47.7. The van der Waals surface area contributed by atoms with Gasteiger partial charge in [0.05, 0.1) is 4.08 Å². The van der Waals surface area contributed by atoms with Crippen LogP contribution in [0.4, 0.5) is 0 Å². The molecule has 0 aromatic rings. The minimum absolute atomic E-state index is 0.122. The Labute approximate surface area is 130 Å². The molecule has 3 heteroatoms. The smallest absolute Gasteiger partial charge is 0.139 e. The third-order valence-corrected chi connectivity index (χ3v) is 10.1. The number of hydrogen-bond donors (Lipinski definition) is 0. The first-order chi connectivity index (χ1) is 9.38. The van der Waals surface area contributed by atoms with E-state index in [4.69, 9.17) is 0 Å². The molecule has 20 heavy (non-hydrogen) atoms. The Bertz CT molecular complexity index is 501. The minimum Gasteiger partial charge on any atom is -0.299 e. The molecule has 0 unspecified atom stereocenters. The molecule has 1 aliphatic heterocycles. The van der Waals surface area contributed by atoms with Gasteiger partial charge in [-0.15, -0.1) is 23.5 Å². The third-order valence-electron chi connectivity index (χ3n) is 6.61. The summed E-state index contributed by atoms with van der Waals surface area (Å²) in [6, 6.07) is 0. The molecule has 110 valence electrons. The summed E-state index contributed by atoms with van der Waals surface area (Å²) in [5.41, 5.74) is 1.46. The van der Waals surface area contributed by atoms with E-state index in [0.29, 0.717) is 35.4 Å². The maximum absolute atomic E-state index is 12.6. The van der Waals surface area contributed by atoms with Crippen LogP contribution in [-0.2, 0) is 4.79 Å². The highest BCUT2D eigenvalue weighted by Crippen LogP contribution is 2.71. The number of fused-ring (bicyclic) bond motifs is 1. The van der Waals surface area contributed by atoms with Gasteiger partial charge in [0.25, 0.3) is 0 Å². The van der Waals surface area contributed by atoms with Crippen molar-refractivity contribution in [1.29, 1.82) is 0 Å². The van der Waals surface area contributed by atoms with E-state index in [1.54, 1.807) is 5.57 Å². The van der Waals surface area contributed by atoms with Crippen molar-refractivity contribution < 1.29 is 4.79 Å².